The third-order valence-electron chi connectivity index (χ3n) is 3.62. The third-order valence-corrected chi connectivity index (χ3v) is 3.62. The van der Waals surface area contributed by atoms with E-state index in [-0.39, 0.29) is 18.0 Å². The SMILES string of the molecule is COC(=O)c1c(-n2cccc2)c2cc(F)ccc2n1CC(C)=O. The maximum Gasteiger partial charge on any atom is 0.356 e. The van der Waals surface area contributed by atoms with Crippen molar-refractivity contribution < 1.29 is 18.7 Å². The molecule has 0 fully saturated rings. The molecule has 3 aromatic rings. The zero-order chi connectivity index (χ0) is 16.6. The van der Waals surface area contributed by atoms with Crippen molar-refractivity contribution in [1.82, 2.24) is 9.13 Å². The topological polar surface area (TPSA) is 53.2 Å². The number of fused-ring (bicyclic) bond motifs is 1. The van der Waals surface area contributed by atoms with E-state index in [1.165, 1.54) is 26.2 Å². The number of carbonyl (C=O) groups excluding carboxylic acids is 2. The number of benzene rings is 1. The lowest BCUT2D eigenvalue weighted by molar-refractivity contribution is -0.117. The van der Waals surface area contributed by atoms with Crippen molar-refractivity contribution >= 4 is 22.7 Å². The quantitative estimate of drug-likeness (QED) is 0.696. The molecule has 0 aliphatic rings. The van der Waals surface area contributed by atoms with Crippen LogP contribution in [0.2, 0.25) is 0 Å². The fourth-order valence-corrected chi connectivity index (χ4v) is 2.74. The monoisotopic (exact) mass is 314 g/mol. The van der Waals surface area contributed by atoms with Crippen molar-refractivity contribution in [2.45, 2.75) is 13.5 Å². The van der Waals surface area contributed by atoms with Gasteiger partial charge < -0.3 is 13.9 Å². The Morgan fingerprint density at radius 1 is 1.22 bits per heavy atom. The van der Waals surface area contributed by atoms with Gasteiger partial charge in [0, 0.05) is 17.8 Å². The van der Waals surface area contributed by atoms with Crippen LogP contribution < -0.4 is 0 Å². The summed E-state index contributed by atoms with van der Waals surface area (Å²) in [4.78, 5) is 24.0. The van der Waals surface area contributed by atoms with Gasteiger partial charge in [-0.1, -0.05) is 0 Å². The number of esters is 1. The Morgan fingerprint density at radius 2 is 1.91 bits per heavy atom. The summed E-state index contributed by atoms with van der Waals surface area (Å²) in [6.07, 6.45) is 3.51. The first-order chi connectivity index (χ1) is 11.0. The first kappa shape index (κ1) is 15.0. The van der Waals surface area contributed by atoms with Crippen LogP contribution in [0.3, 0.4) is 0 Å². The Morgan fingerprint density at radius 3 is 2.52 bits per heavy atom. The molecule has 23 heavy (non-hydrogen) atoms. The summed E-state index contributed by atoms with van der Waals surface area (Å²) in [7, 11) is 1.28. The van der Waals surface area contributed by atoms with Crippen LogP contribution in [0, 0.1) is 5.82 Å². The number of hydrogen-bond acceptors (Lipinski definition) is 3. The second-order valence-electron chi connectivity index (χ2n) is 5.23. The molecule has 118 valence electrons. The number of hydrogen-bond donors (Lipinski definition) is 0. The third kappa shape index (κ3) is 2.52. The van der Waals surface area contributed by atoms with Crippen LogP contribution in [-0.4, -0.2) is 28.0 Å². The van der Waals surface area contributed by atoms with E-state index in [2.05, 4.69) is 0 Å². The van der Waals surface area contributed by atoms with Crippen LogP contribution >= 0.6 is 0 Å². The number of ketones is 1. The first-order valence-corrected chi connectivity index (χ1v) is 7.05. The largest absolute Gasteiger partial charge is 0.464 e. The van der Waals surface area contributed by atoms with E-state index in [9.17, 15) is 14.0 Å². The van der Waals surface area contributed by atoms with E-state index in [0.29, 0.717) is 16.6 Å². The second kappa shape index (κ2) is 5.72. The van der Waals surface area contributed by atoms with Gasteiger partial charge in [-0.2, -0.15) is 0 Å². The average molecular weight is 314 g/mol. The van der Waals surface area contributed by atoms with Crippen molar-refractivity contribution in [3.63, 3.8) is 0 Å². The summed E-state index contributed by atoms with van der Waals surface area (Å²) < 4.78 is 21.9. The Hall–Kier alpha value is -2.89. The molecule has 0 radical (unpaired) electrons. The molecule has 0 N–H and O–H groups in total. The number of carbonyl (C=O) groups is 2. The van der Waals surface area contributed by atoms with Gasteiger partial charge in [0.1, 0.15) is 11.6 Å². The van der Waals surface area contributed by atoms with E-state index in [1.54, 1.807) is 39.7 Å². The van der Waals surface area contributed by atoms with Gasteiger partial charge in [0.15, 0.2) is 5.69 Å². The summed E-state index contributed by atoms with van der Waals surface area (Å²) in [6, 6.07) is 7.82. The second-order valence-corrected chi connectivity index (χ2v) is 5.23. The number of aromatic nitrogens is 2. The molecular formula is C17H15FN2O3. The Kier molecular flexibility index (Phi) is 3.73. The number of nitrogens with zero attached hydrogens (tertiary/aromatic N) is 2. The van der Waals surface area contributed by atoms with Gasteiger partial charge in [0.2, 0.25) is 0 Å². The molecule has 3 rings (SSSR count). The molecular weight excluding hydrogens is 299 g/mol. The van der Waals surface area contributed by atoms with Crippen molar-refractivity contribution in [3.05, 3.63) is 54.2 Å². The standard InChI is InChI=1S/C17H15FN2O3/c1-11(21)10-20-14-6-5-12(18)9-13(14)15(16(20)17(22)23-2)19-7-3-4-8-19/h3-9H,10H2,1-2H3. The van der Waals surface area contributed by atoms with Gasteiger partial charge >= 0.3 is 5.97 Å². The molecule has 2 heterocycles. The van der Waals surface area contributed by atoms with E-state index < -0.39 is 11.8 Å². The van der Waals surface area contributed by atoms with Gasteiger partial charge in [-0.05, 0) is 37.3 Å². The maximum atomic E-state index is 13.7. The predicted octanol–water partition coefficient (Wildman–Crippen LogP) is 2.95. The van der Waals surface area contributed by atoms with Gasteiger partial charge in [-0.15, -0.1) is 0 Å². The predicted molar refractivity (Wildman–Crippen MR) is 83.2 cm³/mol. The zero-order valence-corrected chi connectivity index (χ0v) is 12.7. The van der Waals surface area contributed by atoms with Crippen molar-refractivity contribution in [1.29, 1.82) is 0 Å². The molecule has 0 spiro atoms. The van der Waals surface area contributed by atoms with Gasteiger partial charge in [-0.3, -0.25) is 4.79 Å². The lowest BCUT2D eigenvalue weighted by Gasteiger charge is -2.09. The minimum atomic E-state index is -0.577. The van der Waals surface area contributed by atoms with Crippen LogP contribution in [0.25, 0.3) is 16.6 Å². The van der Waals surface area contributed by atoms with Crippen LogP contribution in [0.1, 0.15) is 17.4 Å². The molecule has 0 bridgehead atoms. The molecule has 0 saturated carbocycles. The summed E-state index contributed by atoms with van der Waals surface area (Å²) >= 11 is 0. The first-order valence-electron chi connectivity index (χ1n) is 7.05. The lowest BCUT2D eigenvalue weighted by Crippen LogP contribution is -2.16. The molecule has 6 heteroatoms. The average Bonchev–Trinajstić information content (AvgIpc) is 3.12. The molecule has 5 nitrogen and oxygen atoms in total. The van der Waals surface area contributed by atoms with Gasteiger partial charge in [0.05, 0.1) is 24.9 Å². The zero-order valence-electron chi connectivity index (χ0n) is 12.7. The minimum Gasteiger partial charge on any atom is -0.464 e. The number of methoxy groups -OCH3 is 1. The Bertz CT molecular complexity index is 894. The molecule has 0 aliphatic carbocycles. The van der Waals surface area contributed by atoms with Crippen LogP contribution in [0.15, 0.2) is 42.7 Å². The molecule has 0 amide bonds. The molecule has 0 aliphatic heterocycles. The highest BCUT2D eigenvalue weighted by Crippen LogP contribution is 2.31. The highest BCUT2D eigenvalue weighted by Gasteiger charge is 2.25. The number of ether oxygens (including phenoxy) is 1. The normalized spacial score (nSPS) is 10.9. The van der Waals surface area contributed by atoms with Crippen molar-refractivity contribution in [2.75, 3.05) is 7.11 Å². The number of Topliss-reactive ketones (excluding diaryl/α,β-unsaturated/α-hetero) is 1. The van der Waals surface area contributed by atoms with E-state index in [1.807, 2.05) is 0 Å². The lowest BCUT2D eigenvalue weighted by atomic mass is 10.2. The van der Waals surface area contributed by atoms with Gasteiger partial charge in [0.25, 0.3) is 0 Å². The van der Waals surface area contributed by atoms with Crippen LogP contribution in [0.5, 0.6) is 0 Å². The fraction of sp³-hybridized carbons (Fsp3) is 0.176. The summed E-state index contributed by atoms with van der Waals surface area (Å²) in [5, 5.41) is 0.544. The maximum absolute atomic E-state index is 13.7. The summed E-state index contributed by atoms with van der Waals surface area (Å²) in [5.74, 6) is -1.11. The van der Waals surface area contributed by atoms with E-state index >= 15 is 0 Å². The molecule has 0 saturated heterocycles. The fourth-order valence-electron chi connectivity index (χ4n) is 2.74. The number of rotatable bonds is 4. The van der Waals surface area contributed by atoms with Crippen molar-refractivity contribution in [3.8, 4) is 5.69 Å². The highest BCUT2D eigenvalue weighted by atomic mass is 19.1. The molecule has 0 atom stereocenters. The summed E-state index contributed by atoms with van der Waals surface area (Å²) in [6.45, 7) is 1.44. The van der Waals surface area contributed by atoms with Gasteiger partial charge in [-0.25, -0.2) is 9.18 Å². The highest BCUT2D eigenvalue weighted by molar-refractivity contribution is 6.04. The molecule has 2 aromatic heterocycles. The van der Waals surface area contributed by atoms with Crippen molar-refractivity contribution in [2.24, 2.45) is 0 Å². The Labute approximate surface area is 131 Å². The molecule has 0 unspecified atom stereocenters. The Balaban J connectivity index is 2.44. The smallest absolute Gasteiger partial charge is 0.356 e. The van der Waals surface area contributed by atoms with E-state index in [4.69, 9.17) is 4.74 Å². The summed E-state index contributed by atoms with van der Waals surface area (Å²) in [5.41, 5.74) is 1.32. The van der Waals surface area contributed by atoms with E-state index in [0.717, 1.165) is 0 Å². The molecule has 1 aromatic carbocycles. The van der Waals surface area contributed by atoms with Crippen LogP contribution in [0.4, 0.5) is 4.39 Å². The number of halogens is 1. The minimum absolute atomic E-state index is 0.00777. The van der Waals surface area contributed by atoms with Crippen LogP contribution in [-0.2, 0) is 16.1 Å².